The zero-order chi connectivity index (χ0) is 22.6. The van der Waals surface area contributed by atoms with Gasteiger partial charge in [-0.3, -0.25) is 0 Å². The molecule has 1 unspecified atom stereocenters. The molecule has 2 aromatic carbocycles. The molecule has 2 N–H and O–H groups in total. The summed E-state index contributed by atoms with van der Waals surface area (Å²) in [6.45, 7) is 18.2. The Morgan fingerprint density at radius 3 is 2.23 bits per heavy atom. The van der Waals surface area contributed by atoms with Crippen molar-refractivity contribution in [3.8, 4) is 5.75 Å². The van der Waals surface area contributed by atoms with Gasteiger partial charge in [0.25, 0.3) is 0 Å². The van der Waals surface area contributed by atoms with Crippen LogP contribution in [-0.2, 0) is 11.8 Å². The second-order valence-electron chi connectivity index (χ2n) is 8.19. The molecule has 3 nitrogen and oxygen atoms in total. The van der Waals surface area contributed by atoms with Crippen LogP contribution in [0.15, 0.2) is 61.1 Å². The van der Waals surface area contributed by atoms with Crippen LogP contribution in [0.5, 0.6) is 5.75 Å². The Morgan fingerprint density at radius 1 is 1.13 bits per heavy atom. The molecule has 0 aromatic heterocycles. The molecule has 2 atom stereocenters. The van der Waals surface area contributed by atoms with E-state index in [0.717, 1.165) is 28.8 Å². The number of benzene rings is 2. The SMILES string of the molecule is C=C(N)N(C)C(=C)[C@@](C)(c1ccc(C)c(CC)c1)c1ccc(C)c(OCC(C)F)c1. The van der Waals surface area contributed by atoms with Crippen LogP contribution < -0.4 is 10.5 Å². The number of nitrogens with two attached hydrogens (primary N) is 1. The first kappa shape index (κ1) is 23.5. The van der Waals surface area contributed by atoms with Crippen molar-refractivity contribution in [2.75, 3.05) is 13.7 Å². The number of nitrogens with zero attached hydrogens (tertiary/aromatic N) is 1. The lowest BCUT2D eigenvalue weighted by atomic mass is 9.72. The van der Waals surface area contributed by atoms with E-state index in [4.69, 9.17) is 10.5 Å². The minimum absolute atomic E-state index is 0.0198. The molecule has 0 spiro atoms. The van der Waals surface area contributed by atoms with Crippen molar-refractivity contribution in [1.82, 2.24) is 4.90 Å². The predicted molar refractivity (Wildman–Crippen MR) is 124 cm³/mol. The van der Waals surface area contributed by atoms with E-state index in [2.05, 4.69) is 58.2 Å². The Morgan fingerprint density at radius 2 is 1.70 bits per heavy atom. The number of hydrogen-bond donors (Lipinski definition) is 1. The summed E-state index contributed by atoms with van der Waals surface area (Å²) in [5.74, 6) is 1.09. The molecule has 0 aliphatic heterocycles. The molecule has 0 radical (unpaired) electrons. The van der Waals surface area contributed by atoms with Gasteiger partial charge in [-0.2, -0.15) is 0 Å². The van der Waals surface area contributed by atoms with E-state index < -0.39 is 11.6 Å². The van der Waals surface area contributed by atoms with Gasteiger partial charge < -0.3 is 15.4 Å². The molecule has 0 amide bonds. The van der Waals surface area contributed by atoms with Crippen LogP contribution in [0, 0.1) is 13.8 Å². The molecule has 0 bridgehead atoms. The number of alkyl halides is 1. The summed E-state index contributed by atoms with van der Waals surface area (Å²) in [7, 11) is 1.87. The van der Waals surface area contributed by atoms with Gasteiger partial charge in [0, 0.05) is 12.7 Å². The van der Waals surface area contributed by atoms with E-state index in [1.54, 1.807) is 0 Å². The van der Waals surface area contributed by atoms with Crippen LogP contribution in [0.25, 0.3) is 0 Å². The summed E-state index contributed by atoms with van der Waals surface area (Å²) < 4.78 is 19.2. The van der Waals surface area contributed by atoms with Gasteiger partial charge in [-0.15, -0.1) is 0 Å². The molecular formula is C26H35FN2O. The van der Waals surface area contributed by atoms with Gasteiger partial charge in [0.2, 0.25) is 0 Å². The maximum atomic E-state index is 13.4. The second kappa shape index (κ2) is 9.38. The third-order valence-corrected chi connectivity index (χ3v) is 5.95. The molecule has 2 rings (SSSR count). The topological polar surface area (TPSA) is 38.5 Å². The third-order valence-electron chi connectivity index (χ3n) is 5.95. The van der Waals surface area contributed by atoms with E-state index in [9.17, 15) is 4.39 Å². The van der Waals surface area contributed by atoms with Crippen LogP contribution in [0.3, 0.4) is 0 Å². The summed E-state index contributed by atoms with van der Waals surface area (Å²) in [5.41, 5.74) is 11.8. The Bertz CT molecular complexity index is 935. The van der Waals surface area contributed by atoms with Crippen LogP contribution >= 0.6 is 0 Å². The maximum Gasteiger partial charge on any atom is 0.131 e. The van der Waals surface area contributed by atoms with Gasteiger partial charge in [0.1, 0.15) is 18.5 Å². The Kier molecular flexibility index (Phi) is 7.35. The smallest absolute Gasteiger partial charge is 0.131 e. The highest BCUT2D eigenvalue weighted by Gasteiger charge is 2.35. The first-order chi connectivity index (χ1) is 14.0. The number of hydrogen-bond acceptors (Lipinski definition) is 3. The average molecular weight is 411 g/mol. The van der Waals surface area contributed by atoms with Gasteiger partial charge >= 0.3 is 0 Å². The standard InChI is InChI=1S/C26H35FN2O/c1-9-22-14-23(12-10-17(22)2)26(7,20(5)29(8)21(6)28)24-13-11-18(3)25(15-24)30-16-19(4)27/h10-15,19H,5-6,9,16,28H2,1-4,7-8H3/t19?,26-/m0/s1. The molecule has 0 saturated heterocycles. The number of halogens is 1. The Labute approximate surface area is 181 Å². The van der Waals surface area contributed by atoms with E-state index in [0.29, 0.717) is 11.6 Å². The van der Waals surface area contributed by atoms with Crippen molar-refractivity contribution in [1.29, 1.82) is 0 Å². The first-order valence-electron chi connectivity index (χ1n) is 10.4. The number of allylic oxidation sites excluding steroid dienone is 1. The molecule has 0 saturated carbocycles. The first-order valence-corrected chi connectivity index (χ1v) is 10.4. The van der Waals surface area contributed by atoms with Crippen molar-refractivity contribution < 1.29 is 9.13 Å². The van der Waals surface area contributed by atoms with Gasteiger partial charge in [-0.1, -0.05) is 50.4 Å². The lowest BCUT2D eigenvalue weighted by Crippen LogP contribution is -2.36. The zero-order valence-corrected chi connectivity index (χ0v) is 19.2. The fourth-order valence-corrected chi connectivity index (χ4v) is 3.64. The summed E-state index contributed by atoms with van der Waals surface area (Å²) in [4.78, 5) is 1.81. The van der Waals surface area contributed by atoms with E-state index >= 15 is 0 Å². The Balaban J connectivity index is 2.69. The fraction of sp³-hybridized carbons (Fsp3) is 0.385. The van der Waals surface area contributed by atoms with Crippen molar-refractivity contribution in [3.05, 3.63) is 88.9 Å². The molecule has 162 valence electrons. The summed E-state index contributed by atoms with van der Waals surface area (Å²) >= 11 is 0. The highest BCUT2D eigenvalue weighted by molar-refractivity contribution is 5.52. The molecule has 0 aliphatic carbocycles. The van der Waals surface area contributed by atoms with Crippen molar-refractivity contribution in [3.63, 3.8) is 0 Å². The summed E-state index contributed by atoms with van der Waals surface area (Å²) in [6.07, 6.45) is -0.0940. The quantitative estimate of drug-likeness (QED) is 0.569. The second-order valence-corrected chi connectivity index (χ2v) is 8.19. The van der Waals surface area contributed by atoms with E-state index in [-0.39, 0.29) is 6.61 Å². The highest BCUT2D eigenvalue weighted by Crippen LogP contribution is 2.42. The number of ether oxygens (including phenoxy) is 1. The Hall–Kier alpha value is -2.75. The molecule has 0 aliphatic rings. The van der Waals surface area contributed by atoms with Crippen LogP contribution in [0.4, 0.5) is 4.39 Å². The monoisotopic (exact) mass is 410 g/mol. The third kappa shape index (κ3) is 4.69. The van der Waals surface area contributed by atoms with Crippen molar-refractivity contribution in [2.45, 2.75) is 52.6 Å². The largest absolute Gasteiger partial charge is 0.490 e. The minimum Gasteiger partial charge on any atom is -0.490 e. The lowest BCUT2D eigenvalue weighted by Gasteiger charge is -2.39. The maximum absolute atomic E-state index is 13.4. The van der Waals surface area contributed by atoms with Crippen molar-refractivity contribution in [2.24, 2.45) is 5.73 Å². The van der Waals surface area contributed by atoms with Gasteiger partial charge in [0.15, 0.2) is 0 Å². The summed E-state index contributed by atoms with van der Waals surface area (Å²) in [6, 6.07) is 12.6. The molecule has 30 heavy (non-hydrogen) atoms. The molecule has 2 aromatic rings. The van der Waals surface area contributed by atoms with E-state index in [1.807, 2.05) is 31.0 Å². The normalized spacial score (nSPS) is 14.0. The lowest BCUT2D eigenvalue weighted by molar-refractivity contribution is 0.208. The van der Waals surface area contributed by atoms with Gasteiger partial charge in [-0.05, 0) is 68.0 Å². The summed E-state index contributed by atoms with van der Waals surface area (Å²) in [5, 5.41) is 0. The van der Waals surface area contributed by atoms with Crippen LogP contribution in [0.1, 0.15) is 48.6 Å². The molecule has 4 heteroatoms. The molecule has 0 heterocycles. The number of likely N-dealkylation sites (N-methyl/N-ethyl adjacent to an activating group) is 1. The van der Waals surface area contributed by atoms with Crippen molar-refractivity contribution >= 4 is 0 Å². The number of rotatable bonds is 9. The molecule has 0 fully saturated rings. The van der Waals surface area contributed by atoms with Crippen LogP contribution in [0.2, 0.25) is 0 Å². The minimum atomic E-state index is -1.04. The molecular weight excluding hydrogens is 375 g/mol. The predicted octanol–water partition coefficient (Wildman–Crippen LogP) is 5.78. The van der Waals surface area contributed by atoms with E-state index in [1.165, 1.54) is 18.1 Å². The highest BCUT2D eigenvalue weighted by atomic mass is 19.1. The van der Waals surface area contributed by atoms with Crippen LogP contribution in [-0.4, -0.2) is 24.7 Å². The average Bonchev–Trinajstić information content (AvgIpc) is 2.71. The van der Waals surface area contributed by atoms with Gasteiger partial charge in [0.05, 0.1) is 11.2 Å². The zero-order valence-electron chi connectivity index (χ0n) is 19.2. The van der Waals surface area contributed by atoms with Gasteiger partial charge in [-0.25, -0.2) is 4.39 Å². The number of aryl methyl sites for hydroxylation is 3. The fourth-order valence-electron chi connectivity index (χ4n) is 3.64.